The van der Waals surface area contributed by atoms with Crippen LogP contribution >= 0.6 is 10.0 Å². The van der Waals surface area contributed by atoms with E-state index in [-0.39, 0.29) is 0 Å². The summed E-state index contributed by atoms with van der Waals surface area (Å²) in [7, 11) is 3.31. The average Bonchev–Trinajstić information content (AvgIpc) is 2.65. The molecule has 0 saturated heterocycles. The highest BCUT2D eigenvalue weighted by Crippen LogP contribution is 2.66. The van der Waals surface area contributed by atoms with Gasteiger partial charge >= 0.3 is 0 Å². The van der Waals surface area contributed by atoms with Crippen molar-refractivity contribution in [1.29, 1.82) is 0 Å². The largest absolute Gasteiger partial charge is 0.378 e. The molecule has 0 amide bonds. The Morgan fingerprint density at radius 1 is 1.15 bits per heavy atom. The molecule has 0 fully saturated rings. The second-order valence-corrected chi connectivity index (χ2v) is 12.2. The van der Waals surface area contributed by atoms with Crippen LogP contribution in [0.15, 0.2) is 51.8 Å². The summed E-state index contributed by atoms with van der Waals surface area (Å²) in [5.74, 6) is 1.35. The minimum absolute atomic E-state index is 0.630. The van der Waals surface area contributed by atoms with E-state index in [2.05, 4.69) is 88.7 Å². The molecule has 0 aromatic heterocycles. The first-order valence-corrected chi connectivity index (χ1v) is 12.9. The smallest absolute Gasteiger partial charge is 0.0372 e. The molecule has 1 aromatic carbocycles. The summed E-state index contributed by atoms with van der Waals surface area (Å²) in [6, 6.07) is 7.20. The minimum Gasteiger partial charge on any atom is -0.378 e. The van der Waals surface area contributed by atoms with Crippen LogP contribution in [0, 0.1) is 11.8 Å². The molecule has 1 aliphatic heterocycles. The van der Waals surface area contributed by atoms with Crippen LogP contribution in [0.3, 0.4) is 0 Å². The van der Waals surface area contributed by atoms with Crippen molar-refractivity contribution in [2.45, 2.75) is 51.3 Å². The maximum absolute atomic E-state index is 2.51. The molecule has 2 atom stereocenters. The van der Waals surface area contributed by atoms with E-state index in [4.69, 9.17) is 0 Å². The van der Waals surface area contributed by atoms with Gasteiger partial charge in [-0.1, -0.05) is 57.9 Å². The first kappa shape index (κ1) is 20.3. The summed E-state index contributed by atoms with van der Waals surface area (Å²) in [5.41, 5.74) is 6.00. The van der Waals surface area contributed by atoms with Crippen molar-refractivity contribution < 1.29 is 0 Å². The van der Waals surface area contributed by atoms with Gasteiger partial charge in [0.25, 0.3) is 0 Å². The quantitative estimate of drug-likeness (QED) is 0.500. The molecular formula is C25H37NS. The van der Waals surface area contributed by atoms with E-state index in [1.807, 2.05) is 0 Å². The Morgan fingerprint density at radius 3 is 2.52 bits per heavy atom. The molecule has 1 unspecified atom stereocenters. The highest BCUT2D eigenvalue weighted by atomic mass is 32.3. The van der Waals surface area contributed by atoms with Gasteiger partial charge in [-0.3, -0.25) is 0 Å². The van der Waals surface area contributed by atoms with Crippen LogP contribution in [0.5, 0.6) is 0 Å². The van der Waals surface area contributed by atoms with Crippen LogP contribution in [-0.2, 0) is 0 Å². The molecule has 1 heterocycles. The van der Waals surface area contributed by atoms with Crippen LogP contribution in [-0.4, -0.2) is 26.6 Å². The van der Waals surface area contributed by atoms with Gasteiger partial charge in [-0.05, 0) is 70.9 Å². The van der Waals surface area contributed by atoms with Crippen LogP contribution in [0.4, 0.5) is 5.69 Å². The maximum atomic E-state index is 2.51. The van der Waals surface area contributed by atoms with Crippen molar-refractivity contribution in [2.24, 2.45) is 11.8 Å². The lowest BCUT2D eigenvalue weighted by atomic mass is 9.76. The van der Waals surface area contributed by atoms with Crippen LogP contribution in [0.25, 0.3) is 5.57 Å². The summed E-state index contributed by atoms with van der Waals surface area (Å²) in [6.07, 6.45) is 17.1. The Morgan fingerprint density at radius 2 is 1.89 bits per heavy atom. The number of hydrogen-bond donors (Lipinski definition) is 0. The Kier molecular flexibility index (Phi) is 5.96. The van der Waals surface area contributed by atoms with Crippen molar-refractivity contribution in [2.75, 3.05) is 31.5 Å². The van der Waals surface area contributed by atoms with Gasteiger partial charge in [0.05, 0.1) is 0 Å². The third-order valence-corrected chi connectivity index (χ3v) is 9.32. The average molecular weight is 384 g/mol. The monoisotopic (exact) mass is 383 g/mol. The molecule has 2 heteroatoms. The Balaban J connectivity index is 2.27. The van der Waals surface area contributed by atoms with E-state index >= 15 is 0 Å². The molecule has 0 N–H and O–H groups in total. The Hall–Kier alpha value is -1.41. The number of nitrogens with zero attached hydrogens (tertiary/aromatic N) is 1. The van der Waals surface area contributed by atoms with Crippen molar-refractivity contribution in [3.8, 4) is 0 Å². The minimum atomic E-state index is -0.986. The number of rotatable bonds is 6. The molecule has 148 valence electrons. The predicted molar refractivity (Wildman–Crippen MR) is 125 cm³/mol. The number of fused-ring (bicyclic) bond motifs is 2. The molecule has 0 spiro atoms. The van der Waals surface area contributed by atoms with E-state index < -0.39 is 10.0 Å². The zero-order valence-corrected chi connectivity index (χ0v) is 19.1. The van der Waals surface area contributed by atoms with E-state index in [1.165, 1.54) is 30.5 Å². The van der Waals surface area contributed by atoms with E-state index in [0.717, 1.165) is 12.3 Å². The number of benzene rings is 1. The fraction of sp³-hybridized carbons (Fsp3) is 0.520. The van der Waals surface area contributed by atoms with Crippen molar-refractivity contribution in [3.63, 3.8) is 0 Å². The van der Waals surface area contributed by atoms with Gasteiger partial charge < -0.3 is 4.90 Å². The van der Waals surface area contributed by atoms with Gasteiger partial charge in [-0.15, -0.1) is 0 Å². The lowest BCUT2D eigenvalue weighted by Gasteiger charge is -2.45. The van der Waals surface area contributed by atoms with Gasteiger partial charge in [0, 0.05) is 24.7 Å². The molecule has 0 radical (unpaired) electrons. The lowest BCUT2D eigenvalue weighted by molar-refractivity contribution is 0.398. The standard InChI is InChI=1S/C25H37NS/c1-8-12-18(3)20(9-2)25-21-13-10-11-14-23(21)27(6,7)24-17-19(26(4)5)15-16-22(24)25/h10,13-18,20H,8-9,11-12H2,1-7H3/t18?,20-/m1/s1. The van der Waals surface area contributed by atoms with Crippen molar-refractivity contribution in [1.82, 2.24) is 0 Å². The number of hydrogen-bond acceptors (Lipinski definition) is 1. The van der Waals surface area contributed by atoms with Crippen molar-refractivity contribution >= 4 is 21.3 Å². The summed E-state index contributed by atoms with van der Waals surface area (Å²) >= 11 is 0. The predicted octanol–water partition coefficient (Wildman–Crippen LogP) is 7.25. The zero-order valence-electron chi connectivity index (χ0n) is 18.3. The van der Waals surface area contributed by atoms with Gasteiger partial charge in [0.2, 0.25) is 0 Å². The van der Waals surface area contributed by atoms with E-state index in [9.17, 15) is 0 Å². The molecule has 0 saturated carbocycles. The number of allylic oxidation sites excluding steroid dienone is 5. The molecule has 1 nitrogen and oxygen atoms in total. The van der Waals surface area contributed by atoms with Crippen LogP contribution in [0.2, 0.25) is 0 Å². The number of anilines is 1. The van der Waals surface area contributed by atoms with Crippen LogP contribution < -0.4 is 4.90 Å². The molecule has 3 rings (SSSR count). The Bertz CT molecular complexity index is 795. The van der Waals surface area contributed by atoms with E-state index in [0.29, 0.717) is 5.92 Å². The first-order chi connectivity index (χ1) is 12.8. The van der Waals surface area contributed by atoms with Crippen molar-refractivity contribution in [3.05, 3.63) is 52.5 Å². The Labute approximate surface area is 168 Å². The topological polar surface area (TPSA) is 3.24 Å². The molecule has 27 heavy (non-hydrogen) atoms. The van der Waals surface area contributed by atoms with Crippen LogP contribution in [0.1, 0.15) is 52.0 Å². The van der Waals surface area contributed by atoms with E-state index in [1.54, 1.807) is 20.9 Å². The highest BCUT2D eigenvalue weighted by molar-refractivity contribution is 8.36. The molecule has 1 aromatic rings. The van der Waals surface area contributed by atoms with Gasteiger partial charge in [-0.25, -0.2) is 0 Å². The molecule has 0 bridgehead atoms. The highest BCUT2D eigenvalue weighted by Gasteiger charge is 2.36. The lowest BCUT2D eigenvalue weighted by Crippen LogP contribution is -2.21. The SMILES string of the molecule is CCCC(C)[C@@H](CC)C1=C2C=CCC=C2S(C)(C)c2cc(N(C)C)ccc21. The van der Waals surface area contributed by atoms with Gasteiger partial charge in [0.1, 0.15) is 0 Å². The fourth-order valence-corrected chi connectivity index (χ4v) is 7.52. The normalized spacial score (nSPS) is 21.1. The summed E-state index contributed by atoms with van der Waals surface area (Å²) in [5, 5.41) is 0. The summed E-state index contributed by atoms with van der Waals surface area (Å²) < 4.78 is 0. The second-order valence-electron chi connectivity index (χ2n) is 8.72. The summed E-state index contributed by atoms with van der Waals surface area (Å²) in [4.78, 5) is 5.43. The second kappa shape index (κ2) is 7.91. The molecular weight excluding hydrogens is 346 g/mol. The summed E-state index contributed by atoms with van der Waals surface area (Å²) in [6.45, 7) is 7.15. The van der Waals surface area contributed by atoms with Gasteiger partial charge in [0.15, 0.2) is 0 Å². The van der Waals surface area contributed by atoms with Gasteiger partial charge in [-0.2, -0.15) is 10.0 Å². The third kappa shape index (κ3) is 3.53. The first-order valence-electron chi connectivity index (χ1n) is 10.5. The third-order valence-electron chi connectivity index (χ3n) is 6.39. The zero-order chi connectivity index (χ0) is 19.8. The molecule has 1 aliphatic carbocycles. The molecule has 2 aliphatic rings. The maximum Gasteiger partial charge on any atom is 0.0372 e. The fourth-order valence-electron chi connectivity index (χ4n) is 4.90.